The van der Waals surface area contributed by atoms with Gasteiger partial charge in [-0.2, -0.15) is 0 Å². The van der Waals surface area contributed by atoms with Gasteiger partial charge in [-0.05, 0) is 30.0 Å². The number of hydrogen-bond donors (Lipinski definition) is 1. The normalized spacial score (nSPS) is 12.5. The number of rotatable bonds is 8. The summed E-state index contributed by atoms with van der Waals surface area (Å²) in [4.78, 5) is 0. The molecule has 112 valence electrons. The molecule has 0 amide bonds. The molecule has 1 unspecified atom stereocenters. The summed E-state index contributed by atoms with van der Waals surface area (Å²) >= 11 is 0. The van der Waals surface area contributed by atoms with Gasteiger partial charge in [-0.1, -0.05) is 87.4 Å². The number of hydrogen-bond acceptors (Lipinski definition) is 1. The lowest BCUT2D eigenvalue weighted by Crippen LogP contribution is -2.29. The minimum atomic E-state index is 0.463. The zero-order valence-corrected chi connectivity index (χ0v) is 13.3. The monoisotopic (exact) mass is 281 g/mol. The molecule has 1 atom stereocenters. The van der Waals surface area contributed by atoms with Gasteiger partial charge in [0, 0.05) is 6.04 Å². The highest BCUT2D eigenvalue weighted by molar-refractivity contribution is 5.20. The Labute approximate surface area is 129 Å². The molecule has 0 saturated carbocycles. The molecule has 2 aromatic rings. The van der Waals surface area contributed by atoms with E-state index in [1.54, 1.807) is 0 Å². The van der Waals surface area contributed by atoms with Crippen molar-refractivity contribution in [1.29, 1.82) is 0 Å². The first-order chi connectivity index (χ1) is 10.3. The van der Waals surface area contributed by atoms with E-state index in [9.17, 15) is 0 Å². The summed E-state index contributed by atoms with van der Waals surface area (Å²) in [6, 6.07) is 22.1. The molecule has 0 aliphatic rings. The smallest absolute Gasteiger partial charge is 0.0348 e. The summed E-state index contributed by atoms with van der Waals surface area (Å²) in [5.41, 5.74) is 2.82. The van der Waals surface area contributed by atoms with Crippen LogP contribution in [-0.4, -0.2) is 6.54 Å². The van der Waals surface area contributed by atoms with Gasteiger partial charge in [0.05, 0.1) is 0 Å². The Kier molecular flexibility index (Phi) is 6.49. The summed E-state index contributed by atoms with van der Waals surface area (Å²) in [5.74, 6) is 0.697. The van der Waals surface area contributed by atoms with E-state index in [1.165, 1.54) is 24.0 Å². The molecule has 0 spiro atoms. The van der Waals surface area contributed by atoms with Crippen molar-refractivity contribution in [2.24, 2.45) is 5.92 Å². The van der Waals surface area contributed by atoms with E-state index in [0.717, 1.165) is 13.0 Å². The average molecular weight is 281 g/mol. The van der Waals surface area contributed by atoms with E-state index in [2.05, 4.69) is 79.8 Å². The second-order valence-electron chi connectivity index (χ2n) is 5.65. The molecule has 0 fully saturated rings. The molecule has 1 heteroatoms. The molecule has 0 aliphatic heterocycles. The van der Waals surface area contributed by atoms with Crippen molar-refractivity contribution in [3.63, 3.8) is 0 Å². The first-order valence-electron chi connectivity index (χ1n) is 8.17. The van der Waals surface area contributed by atoms with Crippen LogP contribution in [0.25, 0.3) is 0 Å². The van der Waals surface area contributed by atoms with E-state index >= 15 is 0 Å². The maximum atomic E-state index is 3.79. The van der Waals surface area contributed by atoms with Crippen LogP contribution in [-0.2, 0) is 6.42 Å². The highest BCUT2D eigenvalue weighted by atomic mass is 14.9. The highest BCUT2D eigenvalue weighted by Crippen LogP contribution is 2.27. The van der Waals surface area contributed by atoms with Crippen LogP contribution in [0.5, 0.6) is 0 Å². The SMILES string of the molecule is CCC(CC)C(NCCc1ccccc1)c1ccccc1. The Hall–Kier alpha value is -1.60. The predicted molar refractivity (Wildman–Crippen MR) is 91.4 cm³/mol. The molecule has 0 bridgehead atoms. The maximum absolute atomic E-state index is 3.79. The second-order valence-corrected chi connectivity index (χ2v) is 5.65. The summed E-state index contributed by atoms with van der Waals surface area (Å²) < 4.78 is 0. The van der Waals surface area contributed by atoms with Gasteiger partial charge in [-0.3, -0.25) is 0 Å². The largest absolute Gasteiger partial charge is 0.309 e. The lowest BCUT2D eigenvalue weighted by molar-refractivity contribution is 0.342. The molecular weight excluding hydrogens is 254 g/mol. The molecule has 0 aliphatic carbocycles. The van der Waals surface area contributed by atoms with Crippen LogP contribution in [0.2, 0.25) is 0 Å². The lowest BCUT2D eigenvalue weighted by Gasteiger charge is -2.27. The molecule has 0 heterocycles. The summed E-state index contributed by atoms with van der Waals surface area (Å²) in [6.07, 6.45) is 3.52. The molecule has 2 aromatic carbocycles. The molecule has 1 N–H and O–H groups in total. The van der Waals surface area contributed by atoms with Crippen LogP contribution in [0.1, 0.15) is 43.9 Å². The molecule has 21 heavy (non-hydrogen) atoms. The van der Waals surface area contributed by atoms with Gasteiger partial charge >= 0.3 is 0 Å². The molecule has 0 aromatic heterocycles. The minimum Gasteiger partial charge on any atom is -0.309 e. The van der Waals surface area contributed by atoms with E-state index in [0.29, 0.717) is 12.0 Å². The fourth-order valence-electron chi connectivity index (χ4n) is 2.99. The minimum absolute atomic E-state index is 0.463. The van der Waals surface area contributed by atoms with Gasteiger partial charge in [-0.15, -0.1) is 0 Å². The Balaban J connectivity index is 1.99. The van der Waals surface area contributed by atoms with Crippen LogP contribution in [0, 0.1) is 5.92 Å². The van der Waals surface area contributed by atoms with E-state index in [1.807, 2.05) is 0 Å². The fourth-order valence-corrected chi connectivity index (χ4v) is 2.99. The zero-order chi connectivity index (χ0) is 14.9. The standard InChI is InChI=1S/C20H27N/c1-3-18(4-2)20(19-13-9-6-10-14-19)21-16-15-17-11-7-5-8-12-17/h5-14,18,20-21H,3-4,15-16H2,1-2H3. The highest BCUT2D eigenvalue weighted by Gasteiger charge is 2.19. The van der Waals surface area contributed by atoms with Crippen LogP contribution < -0.4 is 5.32 Å². The van der Waals surface area contributed by atoms with Gasteiger partial charge < -0.3 is 5.32 Å². The van der Waals surface area contributed by atoms with Crippen molar-refractivity contribution in [1.82, 2.24) is 5.32 Å². The van der Waals surface area contributed by atoms with Crippen molar-refractivity contribution in [3.8, 4) is 0 Å². The van der Waals surface area contributed by atoms with Crippen LogP contribution in [0.4, 0.5) is 0 Å². The van der Waals surface area contributed by atoms with Crippen molar-refractivity contribution < 1.29 is 0 Å². The van der Waals surface area contributed by atoms with Crippen LogP contribution >= 0.6 is 0 Å². The van der Waals surface area contributed by atoms with Crippen molar-refractivity contribution >= 4 is 0 Å². The van der Waals surface area contributed by atoms with Gasteiger partial charge in [0.15, 0.2) is 0 Å². The summed E-state index contributed by atoms with van der Waals surface area (Å²) in [6.45, 7) is 5.62. The Morgan fingerprint density at radius 2 is 1.38 bits per heavy atom. The lowest BCUT2D eigenvalue weighted by atomic mass is 9.88. The second kappa shape index (κ2) is 8.63. The van der Waals surface area contributed by atoms with Gasteiger partial charge in [0.25, 0.3) is 0 Å². The third-order valence-electron chi connectivity index (χ3n) is 4.30. The maximum Gasteiger partial charge on any atom is 0.0348 e. The third kappa shape index (κ3) is 4.71. The van der Waals surface area contributed by atoms with Gasteiger partial charge in [0.1, 0.15) is 0 Å². The molecule has 0 saturated heterocycles. The summed E-state index contributed by atoms with van der Waals surface area (Å²) in [7, 11) is 0. The third-order valence-corrected chi connectivity index (χ3v) is 4.30. The quantitative estimate of drug-likeness (QED) is 0.718. The number of benzene rings is 2. The predicted octanol–water partition coefficient (Wildman–Crippen LogP) is 5.00. The Morgan fingerprint density at radius 3 is 1.95 bits per heavy atom. The molecule has 2 rings (SSSR count). The summed E-state index contributed by atoms with van der Waals surface area (Å²) in [5, 5.41) is 3.79. The van der Waals surface area contributed by atoms with Gasteiger partial charge in [0.2, 0.25) is 0 Å². The topological polar surface area (TPSA) is 12.0 Å². The fraction of sp³-hybridized carbons (Fsp3) is 0.400. The van der Waals surface area contributed by atoms with Crippen molar-refractivity contribution in [2.75, 3.05) is 6.54 Å². The zero-order valence-electron chi connectivity index (χ0n) is 13.3. The van der Waals surface area contributed by atoms with E-state index < -0.39 is 0 Å². The first kappa shape index (κ1) is 15.8. The van der Waals surface area contributed by atoms with Crippen LogP contribution in [0.15, 0.2) is 60.7 Å². The van der Waals surface area contributed by atoms with E-state index in [4.69, 9.17) is 0 Å². The van der Waals surface area contributed by atoms with Gasteiger partial charge in [-0.25, -0.2) is 0 Å². The molecule has 0 radical (unpaired) electrons. The van der Waals surface area contributed by atoms with Crippen molar-refractivity contribution in [2.45, 2.75) is 39.2 Å². The first-order valence-corrected chi connectivity index (χ1v) is 8.17. The molecule has 1 nitrogen and oxygen atoms in total. The Morgan fingerprint density at radius 1 is 0.810 bits per heavy atom. The van der Waals surface area contributed by atoms with Crippen molar-refractivity contribution in [3.05, 3.63) is 71.8 Å². The molecular formula is C20H27N. The number of nitrogens with one attached hydrogen (secondary N) is 1. The van der Waals surface area contributed by atoms with Crippen LogP contribution in [0.3, 0.4) is 0 Å². The average Bonchev–Trinajstić information content (AvgIpc) is 2.56. The van der Waals surface area contributed by atoms with E-state index in [-0.39, 0.29) is 0 Å². The Bertz CT molecular complexity index is 488.